The van der Waals surface area contributed by atoms with Gasteiger partial charge >= 0.3 is 0 Å². The maximum Gasteiger partial charge on any atom is 0.261 e. The van der Waals surface area contributed by atoms with Gasteiger partial charge < -0.3 is 15.5 Å². The molecule has 0 spiro atoms. The molecular weight excluding hydrogens is 286 g/mol. The van der Waals surface area contributed by atoms with Gasteiger partial charge in [-0.2, -0.15) is 0 Å². The Morgan fingerprint density at radius 3 is 2.81 bits per heavy atom. The number of carbonyl (C=O) groups is 2. The summed E-state index contributed by atoms with van der Waals surface area (Å²) in [7, 11) is 3.59. The fourth-order valence-corrected chi connectivity index (χ4v) is 3.55. The Morgan fingerprint density at radius 2 is 2.10 bits per heavy atom. The summed E-state index contributed by atoms with van der Waals surface area (Å²) in [6.45, 7) is 1.44. The summed E-state index contributed by atoms with van der Waals surface area (Å²) < 4.78 is 0. The lowest BCUT2D eigenvalue weighted by atomic mass is 9.99. The average Bonchev–Trinajstić information content (AvgIpc) is 2.93. The molecule has 0 aromatic carbocycles. The lowest BCUT2D eigenvalue weighted by Crippen LogP contribution is -2.40. The minimum absolute atomic E-state index is 0.0572. The predicted molar refractivity (Wildman–Crippen MR) is 84.9 cm³/mol. The number of hydrogen-bond acceptors (Lipinski definition) is 4. The van der Waals surface area contributed by atoms with Gasteiger partial charge in [0.15, 0.2) is 0 Å². The Kier molecular flexibility index (Phi) is 5.76. The Morgan fingerprint density at radius 1 is 1.33 bits per heavy atom. The highest BCUT2D eigenvalue weighted by Crippen LogP contribution is 2.29. The first-order valence-corrected chi connectivity index (χ1v) is 8.22. The van der Waals surface area contributed by atoms with E-state index >= 15 is 0 Å². The molecule has 0 saturated carbocycles. The number of amides is 2. The van der Waals surface area contributed by atoms with Crippen LogP contribution in [0.5, 0.6) is 0 Å². The molecule has 6 heteroatoms. The highest BCUT2D eigenvalue weighted by Gasteiger charge is 2.18. The second-order valence-electron chi connectivity index (χ2n) is 5.37. The lowest BCUT2D eigenvalue weighted by Gasteiger charge is -2.16. The third kappa shape index (κ3) is 4.28. The molecule has 0 bridgehead atoms. The van der Waals surface area contributed by atoms with Crippen LogP contribution in [-0.4, -0.2) is 50.4 Å². The van der Waals surface area contributed by atoms with E-state index in [2.05, 4.69) is 10.6 Å². The maximum absolute atomic E-state index is 12.1. The highest BCUT2D eigenvalue weighted by atomic mass is 32.1. The van der Waals surface area contributed by atoms with Gasteiger partial charge in [-0.1, -0.05) is 0 Å². The Hall–Kier alpha value is -1.40. The summed E-state index contributed by atoms with van der Waals surface area (Å²) in [6.07, 6.45) is 4.58. The summed E-state index contributed by atoms with van der Waals surface area (Å²) >= 11 is 1.57. The number of carbonyl (C=O) groups excluding carboxylic acids is 2. The van der Waals surface area contributed by atoms with Crippen LogP contribution in [0.1, 0.15) is 33.0 Å². The van der Waals surface area contributed by atoms with Crippen molar-refractivity contribution in [1.29, 1.82) is 0 Å². The normalized spacial score (nSPS) is 13.6. The van der Waals surface area contributed by atoms with E-state index in [9.17, 15) is 9.59 Å². The molecule has 0 fully saturated rings. The fraction of sp³-hybridized carbons (Fsp3) is 0.600. The molecule has 1 heterocycles. The van der Waals surface area contributed by atoms with Crippen LogP contribution in [0.4, 0.5) is 0 Å². The van der Waals surface area contributed by atoms with Crippen LogP contribution >= 0.6 is 11.3 Å². The molecule has 1 aliphatic rings. The zero-order valence-electron chi connectivity index (χ0n) is 12.7. The first kappa shape index (κ1) is 16.0. The second kappa shape index (κ2) is 7.56. The third-order valence-corrected chi connectivity index (χ3v) is 4.98. The van der Waals surface area contributed by atoms with Gasteiger partial charge in [0.2, 0.25) is 5.91 Å². The van der Waals surface area contributed by atoms with Crippen molar-refractivity contribution in [1.82, 2.24) is 15.5 Å². The SMILES string of the molecule is CNCCN(C)C(=O)CNC(=O)c1cc2c(s1)CCCC2. The van der Waals surface area contributed by atoms with Crippen molar-refractivity contribution >= 4 is 23.2 Å². The topological polar surface area (TPSA) is 61.4 Å². The summed E-state index contributed by atoms with van der Waals surface area (Å²) in [5.74, 6) is -0.204. The summed E-state index contributed by atoms with van der Waals surface area (Å²) in [4.78, 5) is 27.7. The van der Waals surface area contributed by atoms with Crippen molar-refractivity contribution in [3.8, 4) is 0 Å². The Labute approximate surface area is 129 Å². The Balaban J connectivity index is 1.84. The fourth-order valence-electron chi connectivity index (χ4n) is 2.38. The van der Waals surface area contributed by atoms with Gasteiger partial charge in [0, 0.05) is 25.0 Å². The van der Waals surface area contributed by atoms with Crippen LogP contribution < -0.4 is 10.6 Å². The van der Waals surface area contributed by atoms with Crippen molar-refractivity contribution in [2.75, 3.05) is 33.7 Å². The zero-order chi connectivity index (χ0) is 15.2. The zero-order valence-corrected chi connectivity index (χ0v) is 13.5. The molecule has 1 aromatic rings. The van der Waals surface area contributed by atoms with Crippen molar-refractivity contribution in [2.45, 2.75) is 25.7 Å². The smallest absolute Gasteiger partial charge is 0.261 e. The van der Waals surface area contributed by atoms with Crippen molar-refractivity contribution in [3.05, 3.63) is 21.4 Å². The lowest BCUT2D eigenvalue weighted by molar-refractivity contribution is -0.128. The van der Waals surface area contributed by atoms with Crippen molar-refractivity contribution in [3.63, 3.8) is 0 Å². The summed E-state index contributed by atoms with van der Waals surface area (Å²) in [6, 6.07) is 1.99. The van der Waals surface area contributed by atoms with Gasteiger partial charge in [0.1, 0.15) is 0 Å². The minimum Gasteiger partial charge on any atom is -0.343 e. The van der Waals surface area contributed by atoms with Crippen LogP contribution in [0.3, 0.4) is 0 Å². The average molecular weight is 309 g/mol. The van der Waals surface area contributed by atoms with Gasteiger partial charge in [0.25, 0.3) is 5.91 Å². The molecule has 0 unspecified atom stereocenters. The van der Waals surface area contributed by atoms with E-state index < -0.39 is 0 Å². The predicted octanol–water partition coefficient (Wildman–Crippen LogP) is 1.03. The van der Waals surface area contributed by atoms with Crippen LogP contribution in [-0.2, 0) is 17.6 Å². The van der Waals surface area contributed by atoms with E-state index in [4.69, 9.17) is 0 Å². The highest BCUT2D eigenvalue weighted by molar-refractivity contribution is 7.14. The first-order valence-electron chi connectivity index (χ1n) is 7.40. The Bertz CT molecular complexity index is 490. The van der Waals surface area contributed by atoms with Gasteiger partial charge in [-0.05, 0) is 44.4 Å². The second-order valence-corrected chi connectivity index (χ2v) is 6.50. The van der Waals surface area contributed by atoms with E-state index in [-0.39, 0.29) is 18.4 Å². The van der Waals surface area contributed by atoms with E-state index in [1.54, 1.807) is 23.3 Å². The van der Waals surface area contributed by atoms with E-state index in [1.165, 1.54) is 23.3 Å². The standard InChI is InChI=1S/C15H23N3O2S/c1-16-7-8-18(2)14(19)10-17-15(20)13-9-11-5-3-4-6-12(11)21-13/h9,16H,3-8,10H2,1-2H3,(H,17,20). The van der Waals surface area contributed by atoms with E-state index in [0.717, 1.165) is 24.3 Å². The monoisotopic (exact) mass is 309 g/mol. The molecule has 21 heavy (non-hydrogen) atoms. The van der Waals surface area contributed by atoms with Gasteiger partial charge in [-0.3, -0.25) is 9.59 Å². The number of rotatable bonds is 6. The molecule has 2 amide bonds. The summed E-state index contributed by atoms with van der Waals surface area (Å²) in [5.41, 5.74) is 1.31. The number of thiophene rings is 1. The molecule has 2 N–H and O–H groups in total. The number of fused-ring (bicyclic) bond motifs is 1. The van der Waals surface area contributed by atoms with Crippen molar-refractivity contribution < 1.29 is 9.59 Å². The molecular formula is C15H23N3O2S. The van der Waals surface area contributed by atoms with Crippen LogP contribution in [0, 0.1) is 0 Å². The van der Waals surface area contributed by atoms with Crippen LogP contribution in [0.2, 0.25) is 0 Å². The van der Waals surface area contributed by atoms with E-state index in [0.29, 0.717) is 6.54 Å². The molecule has 1 aromatic heterocycles. The van der Waals surface area contributed by atoms with Crippen LogP contribution in [0.25, 0.3) is 0 Å². The molecule has 2 rings (SSSR count). The molecule has 0 atom stereocenters. The summed E-state index contributed by atoms with van der Waals surface area (Å²) in [5, 5.41) is 5.72. The molecule has 1 aliphatic carbocycles. The van der Waals surface area contributed by atoms with Gasteiger partial charge in [-0.25, -0.2) is 0 Å². The van der Waals surface area contributed by atoms with Crippen molar-refractivity contribution in [2.24, 2.45) is 0 Å². The largest absolute Gasteiger partial charge is 0.343 e. The first-order chi connectivity index (χ1) is 10.1. The minimum atomic E-state index is -0.134. The van der Waals surface area contributed by atoms with Gasteiger partial charge in [0.05, 0.1) is 11.4 Å². The van der Waals surface area contributed by atoms with Gasteiger partial charge in [-0.15, -0.1) is 11.3 Å². The number of hydrogen-bond donors (Lipinski definition) is 2. The van der Waals surface area contributed by atoms with Crippen LogP contribution in [0.15, 0.2) is 6.07 Å². The molecule has 0 aliphatic heterocycles. The molecule has 0 saturated heterocycles. The molecule has 0 radical (unpaired) electrons. The quantitative estimate of drug-likeness (QED) is 0.825. The molecule has 5 nitrogen and oxygen atoms in total. The number of likely N-dealkylation sites (N-methyl/N-ethyl adjacent to an activating group) is 2. The third-order valence-electron chi connectivity index (χ3n) is 3.74. The van der Waals surface area contributed by atoms with E-state index in [1.807, 2.05) is 13.1 Å². The maximum atomic E-state index is 12.1. The number of nitrogens with one attached hydrogen (secondary N) is 2. The molecule has 116 valence electrons. The number of aryl methyl sites for hydroxylation is 2. The number of nitrogens with zero attached hydrogens (tertiary/aromatic N) is 1.